The second-order valence-corrected chi connectivity index (χ2v) is 6.09. The number of benzene rings is 1. The number of pyridine rings is 1. The van der Waals surface area contributed by atoms with Crippen LogP contribution in [0.15, 0.2) is 42.5 Å². The van der Waals surface area contributed by atoms with Gasteiger partial charge in [-0.05, 0) is 37.5 Å². The van der Waals surface area contributed by atoms with Crippen LogP contribution in [0.3, 0.4) is 0 Å². The largest absolute Gasteiger partial charge is 0.487 e. The highest BCUT2D eigenvalue weighted by Crippen LogP contribution is 2.44. The summed E-state index contributed by atoms with van der Waals surface area (Å²) in [5.41, 5.74) is 3.00. The van der Waals surface area contributed by atoms with E-state index in [-0.39, 0.29) is 5.69 Å². The average molecular weight is 337 g/mol. The maximum atomic E-state index is 12.0. The lowest BCUT2D eigenvalue weighted by Gasteiger charge is -2.12. The number of esters is 1. The Balaban J connectivity index is 1.68. The van der Waals surface area contributed by atoms with E-state index in [2.05, 4.69) is 10.3 Å². The first-order valence-corrected chi connectivity index (χ1v) is 8.50. The number of rotatable bonds is 6. The zero-order chi connectivity index (χ0) is 17.2. The lowest BCUT2D eigenvalue weighted by Crippen LogP contribution is -2.07. The molecule has 0 aliphatic heterocycles. The fraction of sp³-hybridized carbons (Fsp3) is 0.316. The molecule has 1 aromatic carbocycles. The topological polar surface area (TPSA) is 65.7 Å². The van der Waals surface area contributed by atoms with Crippen molar-refractivity contribution in [1.29, 1.82) is 0 Å². The van der Waals surface area contributed by atoms with Gasteiger partial charge in [0.05, 0.1) is 12.3 Å². The molecule has 0 amide bonds. The molecular weight excluding hydrogens is 318 g/mol. The normalized spacial score (nSPS) is 13.8. The molecule has 0 bridgehead atoms. The van der Waals surface area contributed by atoms with Gasteiger partial charge in [-0.1, -0.05) is 35.5 Å². The maximum Gasteiger partial charge on any atom is 0.361 e. The van der Waals surface area contributed by atoms with Crippen molar-refractivity contribution in [3.05, 3.63) is 59.4 Å². The minimum atomic E-state index is -0.447. The number of hydrogen-bond acceptors (Lipinski definition) is 5. The number of carbonyl (C=O) groups is 1. The van der Waals surface area contributed by atoms with E-state index < -0.39 is 5.97 Å². The molecule has 1 fully saturated rings. The van der Waals surface area contributed by atoms with E-state index in [1.54, 1.807) is 11.4 Å². The van der Waals surface area contributed by atoms with Gasteiger partial charge in [0.1, 0.15) is 17.9 Å². The summed E-state index contributed by atoms with van der Waals surface area (Å²) in [4.78, 5) is 12.0. The van der Waals surface area contributed by atoms with Crippen LogP contribution in [0.25, 0.3) is 5.52 Å². The molecule has 0 N–H and O–H groups in total. The summed E-state index contributed by atoms with van der Waals surface area (Å²) in [5, 5.41) is 8.21. The number of fused-ring (bicyclic) bond motifs is 1. The molecule has 128 valence electrons. The third kappa shape index (κ3) is 3.07. The first-order chi connectivity index (χ1) is 12.3. The maximum absolute atomic E-state index is 12.0. The van der Waals surface area contributed by atoms with Crippen molar-refractivity contribution in [1.82, 2.24) is 14.8 Å². The molecule has 0 unspecified atom stereocenters. The van der Waals surface area contributed by atoms with Crippen molar-refractivity contribution in [3.8, 4) is 5.75 Å². The highest BCUT2D eigenvalue weighted by molar-refractivity contribution is 5.94. The van der Waals surface area contributed by atoms with Gasteiger partial charge in [0.25, 0.3) is 0 Å². The van der Waals surface area contributed by atoms with Gasteiger partial charge in [0.15, 0.2) is 5.69 Å². The molecule has 0 radical (unpaired) electrons. The summed E-state index contributed by atoms with van der Waals surface area (Å²) in [5.74, 6) is 0.739. The van der Waals surface area contributed by atoms with Crippen molar-refractivity contribution in [2.24, 2.45) is 0 Å². The first-order valence-electron chi connectivity index (χ1n) is 8.50. The second kappa shape index (κ2) is 6.55. The third-order valence-corrected chi connectivity index (χ3v) is 4.25. The smallest absolute Gasteiger partial charge is 0.361 e. The predicted octanol–water partition coefficient (Wildman–Crippen LogP) is 3.36. The quantitative estimate of drug-likeness (QED) is 0.645. The Morgan fingerprint density at radius 2 is 2.00 bits per heavy atom. The molecule has 0 saturated heterocycles. The molecule has 2 heterocycles. The van der Waals surface area contributed by atoms with Gasteiger partial charge in [0.2, 0.25) is 0 Å². The van der Waals surface area contributed by atoms with Crippen LogP contribution in [-0.2, 0) is 11.3 Å². The van der Waals surface area contributed by atoms with E-state index in [4.69, 9.17) is 9.47 Å². The van der Waals surface area contributed by atoms with Gasteiger partial charge in [0, 0.05) is 5.92 Å². The monoisotopic (exact) mass is 337 g/mol. The number of ether oxygens (including phenoxy) is 2. The molecule has 2 aromatic heterocycles. The van der Waals surface area contributed by atoms with Crippen LogP contribution < -0.4 is 4.74 Å². The Morgan fingerprint density at radius 3 is 2.72 bits per heavy atom. The molecule has 3 aromatic rings. The Morgan fingerprint density at radius 1 is 1.20 bits per heavy atom. The van der Waals surface area contributed by atoms with Crippen molar-refractivity contribution in [3.63, 3.8) is 0 Å². The molecule has 0 atom stereocenters. The summed E-state index contributed by atoms with van der Waals surface area (Å²) < 4.78 is 12.8. The molecule has 6 nitrogen and oxygen atoms in total. The lowest BCUT2D eigenvalue weighted by atomic mass is 10.2. The van der Waals surface area contributed by atoms with Crippen LogP contribution >= 0.6 is 0 Å². The van der Waals surface area contributed by atoms with Gasteiger partial charge in [-0.2, -0.15) is 0 Å². The molecule has 1 saturated carbocycles. The minimum absolute atomic E-state index is 0.248. The van der Waals surface area contributed by atoms with Gasteiger partial charge < -0.3 is 9.47 Å². The number of carbonyl (C=O) groups excluding carboxylic acids is 1. The number of aromatic nitrogens is 3. The van der Waals surface area contributed by atoms with Crippen molar-refractivity contribution in [2.45, 2.75) is 32.3 Å². The number of nitrogens with zero attached hydrogens (tertiary/aromatic N) is 3. The highest BCUT2D eigenvalue weighted by Gasteiger charge is 2.31. The molecule has 6 heteroatoms. The Labute approximate surface area is 145 Å². The van der Waals surface area contributed by atoms with Crippen LogP contribution in [0, 0.1) is 0 Å². The second-order valence-electron chi connectivity index (χ2n) is 6.09. The fourth-order valence-electron chi connectivity index (χ4n) is 2.89. The van der Waals surface area contributed by atoms with Crippen LogP contribution in [-0.4, -0.2) is 27.4 Å². The summed E-state index contributed by atoms with van der Waals surface area (Å²) in [6, 6.07) is 13.8. The molecule has 1 aliphatic carbocycles. The van der Waals surface area contributed by atoms with Crippen LogP contribution in [0.2, 0.25) is 0 Å². The van der Waals surface area contributed by atoms with E-state index in [1.807, 2.05) is 42.5 Å². The molecule has 0 spiro atoms. The van der Waals surface area contributed by atoms with E-state index in [0.717, 1.165) is 29.8 Å². The molecular formula is C19H19N3O3. The number of hydrogen-bond donors (Lipinski definition) is 0. The lowest BCUT2D eigenvalue weighted by molar-refractivity contribution is 0.0521. The van der Waals surface area contributed by atoms with Gasteiger partial charge >= 0.3 is 5.97 Å². The van der Waals surface area contributed by atoms with E-state index in [1.165, 1.54) is 0 Å². The van der Waals surface area contributed by atoms with Gasteiger partial charge in [-0.15, -0.1) is 5.10 Å². The summed E-state index contributed by atoms with van der Waals surface area (Å²) in [6.07, 6.45) is 2.19. The van der Waals surface area contributed by atoms with Gasteiger partial charge in [-0.3, -0.25) is 0 Å². The van der Waals surface area contributed by atoms with Crippen LogP contribution in [0.5, 0.6) is 5.75 Å². The van der Waals surface area contributed by atoms with Crippen molar-refractivity contribution >= 4 is 11.5 Å². The predicted molar refractivity (Wildman–Crippen MR) is 91.7 cm³/mol. The first kappa shape index (κ1) is 15.6. The summed E-state index contributed by atoms with van der Waals surface area (Å²) in [6.45, 7) is 2.58. The van der Waals surface area contributed by atoms with Crippen molar-refractivity contribution in [2.75, 3.05) is 6.61 Å². The third-order valence-electron chi connectivity index (χ3n) is 4.25. The Bertz CT molecular complexity index is 901. The average Bonchev–Trinajstić information content (AvgIpc) is 3.38. The summed E-state index contributed by atoms with van der Waals surface area (Å²) >= 11 is 0. The molecule has 25 heavy (non-hydrogen) atoms. The Hall–Kier alpha value is -2.89. The molecule has 1 aliphatic rings. The van der Waals surface area contributed by atoms with E-state index in [9.17, 15) is 4.79 Å². The van der Waals surface area contributed by atoms with Crippen LogP contribution in [0.1, 0.15) is 47.4 Å². The summed E-state index contributed by atoms with van der Waals surface area (Å²) in [7, 11) is 0. The minimum Gasteiger partial charge on any atom is -0.487 e. The van der Waals surface area contributed by atoms with E-state index in [0.29, 0.717) is 24.6 Å². The zero-order valence-electron chi connectivity index (χ0n) is 14.0. The van der Waals surface area contributed by atoms with Gasteiger partial charge in [-0.25, -0.2) is 9.31 Å². The SMILES string of the molecule is CCOC(=O)c1nnn2c(C3CC3)c(OCc3ccccc3)ccc12. The van der Waals surface area contributed by atoms with E-state index >= 15 is 0 Å². The standard InChI is InChI=1S/C19H19N3O3/c1-2-24-19(23)17-15-10-11-16(25-12-13-6-4-3-5-7-13)18(14-8-9-14)22(15)21-20-17/h3-7,10-11,14H,2,8-9,12H2,1H3. The highest BCUT2D eigenvalue weighted by atomic mass is 16.5. The fourth-order valence-corrected chi connectivity index (χ4v) is 2.89. The van der Waals surface area contributed by atoms with Crippen molar-refractivity contribution < 1.29 is 14.3 Å². The Kier molecular flexibility index (Phi) is 4.09. The molecule has 4 rings (SSSR count). The van der Waals surface area contributed by atoms with Crippen LogP contribution in [0.4, 0.5) is 0 Å². The zero-order valence-corrected chi connectivity index (χ0v) is 14.0.